The first-order chi connectivity index (χ1) is 10.4. The monoisotopic (exact) mass is 352 g/mol. The van der Waals surface area contributed by atoms with E-state index in [-0.39, 0.29) is 47.5 Å². The van der Waals surface area contributed by atoms with Gasteiger partial charge in [0, 0.05) is 18.1 Å². The first-order valence-corrected chi connectivity index (χ1v) is 10.3. The second-order valence-corrected chi connectivity index (χ2v) is 8.82. The van der Waals surface area contributed by atoms with Crippen LogP contribution < -0.4 is 0 Å². The number of sulfone groups is 1. The van der Waals surface area contributed by atoms with E-state index >= 15 is 0 Å². The zero-order chi connectivity index (χ0) is 16.1. The van der Waals surface area contributed by atoms with Crippen molar-refractivity contribution in [3.8, 4) is 0 Å². The predicted molar refractivity (Wildman–Crippen MR) is 94.8 cm³/mol. The number of ether oxygens (including phenoxy) is 1. The van der Waals surface area contributed by atoms with Crippen molar-refractivity contribution in [1.82, 2.24) is 9.78 Å². The van der Waals surface area contributed by atoms with Gasteiger partial charge in [-0.2, -0.15) is 5.10 Å². The molecule has 1 saturated carbocycles. The quantitative estimate of drug-likeness (QED) is 0.736. The number of aromatic nitrogens is 2. The molecule has 1 heterocycles. The van der Waals surface area contributed by atoms with E-state index in [1.807, 2.05) is 23.9 Å². The molecule has 0 saturated heterocycles. The Labute approximate surface area is 162 Å². The Morgan fingerprint density at radius 3 is 2.35 bits per heavy atom. The van der Waals surface area contributed by atoms with Crippen LogP contribution in [-0.4, -0.2) is 72.0 Å². The molecule has 1 aliphatic rings. The summed E-state index contributed by atoms with van der Waals surface area (Å²) >= 11 is 0. The second kappa shape index (κ2) is 9.56. The van der Waals surface area contributed by atoms with Crippen LogP contribution in [0.4, 0.5) is 0 Å². The number of hydrogen-bond acceptors (Lipinski definition) is 4. The Morgan fingerprint density at radius 1 is 1.22 bits per heavy atom. The number of nitrogens with zero attached hydrogens (tertiary/aromatic N) is 2. The van der Waals surface area contributed by atoms with Gasteiger partial charge in [-0.3, -0.25) is 4.68 Å². The summed E-state index contributed by atoms with van der Waals surface area (Å²) in [5, 5.41) is 4.38. The minimum absolute atomic E-state index is 0. The van der Waals surface area contributed by atoms with Gasteiger partial charge in [-0.1, -0.05) is 32.1 Å². The van der Waals surface area contributed by atoms with Gasteiger partial charge in [0.05, 0.1) is 24.5 Å². The molecule has 1 fully saturated rings. The minimum atomic E-state index is -2.99. The van der Waals surface area contributed by atoms with Crippen molar-refractivity contribution in [3.05, 3.63) is 18.0 Å². The molecule has 0 atom stereocenters. The van der Waals surface area contributed by atoms with Crippen LogP contribution in [0.25, 0.3) is 0 Å². The third kappa shape index (κ3) is 7.26. The summed E-state index contributed by atoms with van der Waals surface area (Å²) in [7, 11) is -2.99. The third-order valence-corrected chi connectivity index (χ3v) is 5.40. The van der Waals surface area contributed by atoms with Gasteiger partial charge in [-0.25, -0.2) is 8.42 Å². The molecule has 23 heavy (non-hydrogen) atoms. The van der Waals surface area contributed by atoms with Crippen molar-refractivity contribution in [1.29, 1.82) is 0 Å². The molecule has 1 aliphatic carbocycles. The van der Waals surface area contributed by atoms with E-state index in [0.29, 0.717) is 0 Å². The van der Waals surface area contributed by atoms with Crippen molar-refractivity contribution in [2.24, 2.45) is 0 Å². The first kappa shape index (κ1) is 21.2. The summed E-state index contributed by atoms with van der Waals surface area (Å²) in [5.74, 6) is 0.0901. The molecular formula is C16H29N2NaO3S. The van der Waals surface area contributed by atoms with Crippen LogP contribution in [0.2, 0.25) is 0 Å². The van der Waals surface area contributed by atoms with Gasteiger partial charge in [-0.05, 0) is 25.8 Å². The molecule has 0 spiro atoms. The molecule has 1 aromatic rings. The molecule has 0 aliphatic heterocycles. The molecule has 5 nitrogen and oxygen atoms in total. The zero-order valence-electron chi connectivity index (χ0n) is 13.8. The van der Waals surface area contributed by atoms with Crippen molar-refractivity contribution in [2.75, 3.05) is 18.6 Å². The second-order valence-electron chi connectivity index (χ2n) is 6.56. The number of aryl methyl sites for hydroxylation is 1. The van der Waals surface area contributed by atoms with Gasteiger partial charge in [0.15, 0.2) is 0 Å². The van der Waals surface area contributed by atoms with Gasteiger partial charge in [0.1, 0.15) is 9.84 Å². The predicted octanol–water partition coefficient (Wildman–Crippen LogP) is 2.09. The van der Waals surface area contributed by atoms with Crippen molar-refractivity contribution in [2.45, 2.75) is 64.0 Å². The van der Waals surface area contributed by atoms with Crippen molar-refractivity contribution < 1.29 is 13.2 Å². The van der Waals surface area contributed by atoms with Gasteiger partial charge in [0.25, 0.3) is 0 Å². The van der Waals surface area contributed by atoms with Crippen molar-refractivity contribution in [3.63, 3.8) is 0 Å². The Balaban J connectivity index is 0.00000264. The molecule has 0 N–H and O–H groups in total. The van der Waals surface area contributed by atoms with E-state index in [1.165, 1.54) is 25.5 Å². The fourth-order valence-corrected chi connectivity index (χ4v) is 3.53. The van der Waals surface area contributed by atoms with Crippen LogP contribution in [0.3, 0.4) is 0 Å². The van der Waals surface area contributed by atoms with E-state index in [1.54, 1.807) is 0 Å². The Hall–Kier alpha value is 0.120. The van der Waals surface area contributed by atoms with E-state index in [0.717, 1.165) is 37.9 Å². The van der Waals surface area contributed by atoms with Gasteiger partial charge in [0.2, 0.25) is 0 Å². The van der Waals surface area contributed by atoms with Crippen LogP contribution in [0.1, 0.15) is 50.6 Å². The van der Waals surface area contributed by atoms with E-state index in [4.69, 9.17) is 4.74 Å². The molecule has 0 aromatic carbocycles. The Bertz CT molecular complexity index is 564. The maximum atomic E-state index is 11.4. The molecule has 128 valence electrons. The van der Waals surface area contributed by atoms with Crippen LogP contribution in [0.5, 0.6) is 0 Å². The van der Waals surface area contributed by atoms with Crippen molar-refractivity contribution >= 4 is 39.4 Å². The molecule has 0 unspecified atom stereocenters. The summed E-state index contributed by atoms with van der Waals surface area (Å²) in [4.78, 5) is 0. The zero-order valence-corrected chi connectivity index (χ0v) is 14.6. The molecular weight excluding hydrogens is 323 g/mol. The summed E-state index contributed by atoms with van der Waals surface area (Å²) < 4.78 is 30.9. The first-order valence-electron chi connectivity index (χ1n) is 8.20. The molecule has 0 amide bonds. The normalized spacial score (nSPS) is 18.7. The third-order valence-electron chi connectivity index (χ3n) is 4.49. The number of hydrogen-bond donors (Lipinski definition) is 0. The molecule has 0 bridgehead atoms. The summed E-state index contributed by atoms with van der Waals surface area (Å²) in [6, 6.07) is 1.99. The van der Waals surface area contributed by atoms with Gasteiger partial charge >= 0.3 is 29.6 Å². The summed E-state index contributed by atoms with van der Waals surface area (Å²) in [6.07, 6.45) is 11.1. The molecule has 7 heteroatoms. The van der Waals surface area contributed by atoms with E-state index in [9.17, 15) is 8.42 Å². The van der Waals surface area contributed by atoms with Gasteiger partial charge < -0.3 is 4.74 Å². The van der Waals surface area contributed by atoms with Crippen LogP contribution in [0.15, 0.2) is 12.3 Å². The van der Waals surface area contributed by atoms with Crippen LogP contribution in [-0.2, 0) is 21.1 Å². The fourth-order valence-electron chi connectivity index (χ4n) is 3.14. The maximum absolute atomic E-state index is 11.4. The Kier molecular flexibility index (Phi) is 8.80. The molecule has 1 aromatic heterocycles. The van der Waals surface area contributed by atoms with Gasteiger partial charge in [-0.15, -0.1) is 0 Å². The number of rotatable bonds is 6. The average molecular weight is 352 g/mol. The summed E-state index contributed by atoms with van der Waals surface area (Å²) in [6.45, 7) is 3.04. The van der Waals surface area contributed by atoms with Crippen LogP contribution >= 0.6 is 0 Å². The fraction of sp³-hybridized carbons (Fsp3) is 0.812. The SMILES string of the molecule is Cc1ccnn1CC1(OCCS(C)(=O)=O)CCCCCCC1.[NaH]. The summed E-state index contributed by atoms with van der Waals surface area (Å²) in [5.41, 5.74) is 0.843. The van der Waals surface area contributed by atoms with E-state index < -0.39 is 9.84 Å². The molecule has 0 radical (unpaired) electrons. The average Bonchev–Trinajstić information content (AvgIpc) is 2.78. The Morgan fingerprint density at radius 2 is 1.83 bits per heavy atom. The van der Waals surface area contributed by atoms with Crippen LogP contribution in [0, 0.1) is 6.92 Å². The molecule has 2 rings (SSSR count). The topological polar surface area (TPSA) is 61.2 Å². The standard InChI is InChI=1S/C16H28N2O3S.Na.H/c1-15-8-11-17-18(15)14-16(21-12-13-22(2,19)20)9-6-4-3-5-7-10-16;;/h8,11H,3-7,9-10,12-14H2,1-2H3;;. The van der Waals surface area contributed by atoms with E-state index in [2.05, 4.69) is 5.10 Å².